The van der Waals surface area contributed by atoms with Crippen LogP contribution >= 0.6 is 0 Å². The molecular formula is C26H27F4N5O2. The van der Waals surface area contributed by atoms with Crippen molar-refractivity contribution in [3.8, 4) is 11.1 Å². The van der Waals surface area contributed by atoms with E-state index in [1.807, 2.05) is 17.0 Å². The van der Waals surface area contributed by atoms with E-state index in [-0.39, 0.29) is 24.8 Å². The van der Waals surface area contributed by atoms with Crippen molar-refractivity contribution >= 4 is 22.4 Å². The molecule has 3 aliphatic rings. The Labute approximate surface area is 210 Å². The fourth-order valence-corrected chi connectivity index (χ4v) is 5.57. The van der Waals surface area contributed by atoms with Gasteiger partial charge in [0.1, 0.15) is 24.8 Å². The van der Waals surface area contributed by atoms with Gasteiger partial charge in [-0.2, -0.15) is 18.2 Å². The van der Waals surface area contributed by atoms with Crippen LogP contribution in [0.3, 0.4) is 0 Å². The van der Waals surface area contributed by atoms with Crippen molar-refractivity contribution in [2.75, 3.05) is 30.0 Å². The number of nitrogens with one attached hydrogen (secondary N) is 1. The van der Waals surface area contributed by atoms with Crippen LogP contribution in [0, 0.1) is 0 Å². The molecule has 3 aliphatic heterocycles. The lowest BCUT2D eigenvalue weighted by Crippen LogP contribution is -2.40. The molecule has 5 heterocycles. The first-order chi connectivity index (χ1) is 17.8. The van der Waals surface area contributed by atoms with Gasteiger partial charge >= 0.3 is 6.18 Å². The van der Waals surface area contributed by atoms with E-state index in [0.29, 0.717) is 53.2 Å². The molecule has 2 saturated heterocycles. The van der Waals surface area contributed by atoms with E-state index in [1.54, 1.807) is 29.4 Å². The molecule has 0 aliphatic carbocycles. The van der Waals surface area contributed by atoms with Crippen LogP contribution in [0.1, 0.15) is 31.2 Å². The van der Waals surface area contributed by atoms with Crippen LogP contribution in [0.25, 0.3) is 22.0 Å². The van der Waals surface area contributed by atoms with E-state index in [4.69, 9.17) is 4.74 Å². The highest BCUT2D eigenvalue weighted by molar-refractivity contribution is 5.97. The molecule has 2 atom stereocenters. The highest BCUT2D eigenvalue weighted by Gasteiger charge is 2.35. The molecule has 0 radical (unpaired) electrons. The lowest BCUT2D eigenvalue weighted by atomic mass is 10.0. The van der Waals surface area contributed by atoms with Gasteiger partial charge in [0, 0.05) is 30.3 Å². The zero-order valence-corrected chi connectivity index (χ0v) is 20.1. The van der Waals surface area contributed by atoms with Crippen LogP contribution in [0.15, 0.2) is 41.3 Å². The minimum absolute atomic E-state index is 0.167. The van der Waals surface area contributed by atoms with Gasteiger partial charge in [-0.3, -0.25) is 9.36 Å². The average molecular weight is 518 g/mol. The zero-order chi connectivity index (χ0) is 25.7. The Kier molecular flexibility index (Phi) is 6.07. The number of fused-ring (bicyclic) bond motifs is 3. The summed E-state index contributed by atoms with van der Waals surface area (Å²) < 4.78 is 61.5. The predicted molar refractivity (Wildman–Crippen MR) is 132 cm³/mol. The summed E-state index contributed by atoms with van der Waals surface area (Å²) in [5, 5.41) is 2.33. The Hall–Kier alpha value is -3.18. The molecule has 196 valence electrons. The van der Waals surface area contributed by atoms with Crippen molar-refractivity contribution in [1.29, 1.82) is 0 Å². The van der Waals surface area contributed by atoms with E-state index < -0.39 is 24.5 Å². The fourth-order valence-electron chi connectivity index (χ4n) is 5.57. The first kappa shape index (κ1) is 24.2. The first-order valence-electron chi connectivity index (χ1n) is 12.5. The number of nitrogens with zero attached hydrogens (tertiary/aromatic N) is 4. The molecule has 3 aromatic rings. The minimum Gasteiger partial charge on any atom is -0.361 e. The van der Waals surface area contributed by atoms with Crippen LogP contribution in [0.2, 0.25) is 0 Å². The number of rotatable bonds is 4. The van der Waals surface area contributed by atoms with Gasteiger partial charge in [0.05, 0.1) is 29.9 Å². The maximum atomic E-state index is 13.9. The number of hydrogen-bond donors (Lipinski definition) is 1. The predicted octanol–water partition coefficient (Wildman–Crippen LogP) is 4.84. The van der Waals surface area contributed by atoms with Crippen LogP contribution < -0.4 is 15.9 Å². The third-order valence-corrected chi connectivity index (χ3v) is 7.32. The van der Waals surface area contributed by atoms with Gasteiger partial charge in [-0.1, -0.05) is 12.1 Å². The van der Waals surface area contributed by atoms with Crippen LogP contribution in [-0.2, 0) is 17.8 Å². The Morgan fingerprint density at radius 3 is 2.76 bits per heavy atom. The van der Waals surface area contributed by atoms with Gasteiger partial charge in [-0.15, -0.1) is 0 Å². The number of pyridine rings is 2. The van der Waals surface area contributed by atoms with E-state index >= 15 is 0 Å². The number of alkyl halides is 4. The SMILES string of the molecule is O=c1c2c(c3ccc(-c4cccnc4N4CCC(F)C4)cc3n1CC(F)(F)F)NN(C1CCCCO1)C2. The molecule has 2 unspecified atom stereocenters. The standard InChI is InChI=1S/C26H27F4N5O2/c27-17-8-10-33(13-17)24-18(4-3-9-31-24)16-6-7-19-21(12-16)34(15-26(28,29)30)25(36)20-14-35(32-23(19)20)22-5-1-2-11-37-22/h3-4,6-7,9,12,17,22,32H,1-2,5,8,10-11,13-15H2. The van der Waals surface area contributed by atoms with Crippen LogP contribution in [-0.4, -0.2) is 52.8 Å². The molecule has 0 saturated carbocycles. The van der Waals surface area contributed by atoms with Crippen molar-refractivity contribution in [3.63, 3.8) is 0 Å². The van der Waals surface area contributed by atoms with Crippen molar-refractivity contribution in [2.45, 2.75) is 57.3 Å². The van der Waals surface area contributed by atoms with Gasteiger partial charge in [0.2, 0.25) is 0 Å². The second kappa shape index (κ2) is 9.29. The third kappa shape index (κ3) is 4.54. The largest absolute Gasteiger partial charge is 0.406 e. The maximum Gasteiger partial charge on any atom is 0.406 e. The first-order valence-corrected chi connectivity index (χ1v) is 12.5. The lowest BCUT2D eigenvalue weighted by molar-refractivity contribution is -0.140. The monoisotopic (exact) mass is 517 g/mol. The fraction of sp³-hybridized carbons (Fsp3) is 0.462. The highest BCUT2D eigenvalue weighted by Crippen LogP contribution is 2.38. The molecule has 2 fully saturated rings. The molecule has 0 spiro atoms. The topological polar surface area (TPSA) is 62.6 Å². The number of halogens is 4. The Morgan fingerprint density at radius 1 is 1.16 bits per heavy atom. The second-order valence-electron chi connectivity index (χ2n) is 9.86. The van der Waals surface area contributed by atoms with Crippen molar-refractivity contribution in [1.82, 2.24) is 14.6 Å². The summed E-state index contributed by atoms with van der Waals surface area (Å²) in [7, 11) is 0. The molecule has 1 aromatic carbocycles. The third-order valence-electron chi connectivity index (χ3n) is 7.32. The number of hydrogen-bond acceptors (Lipinski definition) is 6. The molecule has 0 bridgehead atoms. The Balaban J connectivity index is 1.47. The van der Waals surface area contributed by atoms with Crippen LogP contribution in [0.5, 0.6) is 0 Å². The summed E-state index contributed by atoms with van der Waals surface area (Å²) in [5.74, 6) is 0.576. The molecule has 37 heavy (non-hydrogen) atoms. The van der Waals surface area contributed by atoms with Crippen molar-refractivity contribution < 1.29 is 22.3 Å². The minimum atomic E-state index is -4.58. The number of ether oxygens (including phenoxy) is 1. The van der Waals surface area contributed by atoms with Gasteiger partial charge in [-0.25, -0.2) is 9.37 Å². The van der Waals surface area contributed by atoms with E-state index in [9.17, 15) is 22.4 Å². The zero-order valence-electron chi connectivity index (χ0n) is 20.1. The maximum absolute atomic E-state index is 13.9. The van der Waals surface area contributed by atoms with Crippen molar-refractivity contribution in [3.05, 3.63) is 52.4 Å². The molecule has 11 heteroatoms. The van der Waals surface area contributed by atoms with E-state index in [1.165, 1.54) is 0 Å². The normalized spacial score (nSPS) is 22.4. The smallest absolute Gasteiger partial charge is 0.361 e. The quantitative estimate of drug-likeness (QED) is 0.500. The molecule has 2 aromatic heterocycles. The second-order valence-corrected chi connectivity index (χ2v) is 9.86. The summed E-state index contributed by atoms with van der Waals surface area (Å²) in [5.41, 5.74) is 4.86. The molecule has 6 rings (SSSR count). The molecule has 7 nitrogen and oxygen atoms in total. The summed E-state index contributed by atoms with van der Waals surface area (Å²) in [4.78, 5) is 19.7. The highest BCUT2D eigenvalue weighted by atomic mass is 19.4. The summed E-state index contributed by atoms with van der Waals surface area (Å²) in [6.45, 7) is 0.102. The number of aromatic nitrogens is 2. The number of anilines is 2. The Morgan fingerprint density at radius 2 is 2.03 bits per heavy atom. The van der Waals surface area contributed by atoms with Gasteiger partial charge in [0.15, 0.2) is 0 Å². The molecular weight excluding hydrogens is 490 g/mol. The van der Waals surface area contributed by atoms with Gasteiger partial charge in [-0.05, 0) is 49.4 Å². The Bertz CT molecular complexity index is 1390. The lowest BCUT2D eigenvalue weighted by Gasteiger charge is -2.30. The summed E-state index contributed by atoms with van der Waals surface area (Å²) >= 11 is 0. The van der Waals surface area contributed by atoms with Crippen LogP contribution in [0.4, 0.5) is 29.1 Å². The summed E-state index contributed by atoms with van der Waals surface area (Å²) in [6.07, 6.45) is -1.04. The molecule has 0 amide bonds. The van der Waals surface area contributed by atoms with Gasteiger partial charge < -0.3 is 15.1 Å². The van der Waals surface area contributed by atoms with Gasteiger partial charge in [0.25, 0.3) is 5.56 Å². The van der Waals surface area contributed by atoms with E-state index in [2.05, 4.69) is 10.4 Å². The number of hydrazine groups is 1. The summed E-state index contributed by atoms with van der Waals surface area (Å²) in [6, 6.07) is 8.71. The molecule has 1 N–H and O–H groups in total. The van der Waals surface area contributed by atoms with Crippen molar-refractivity contribution in [2.24, 2.45) is 0 Å². The number of benzene rings is 1. The van der Waals surface area contributed by atoms with E-state index in [0.717, 1.165) is 23.8 Å². The average Bonchev–Trinajstić information content (AvgIpc) is 3.53.